The summed E-state index contributed by atoms with van der Waals surface area (Å²) in [4.78, 5) is 12.4. The lowest BCUT2D eigenvalue weighted by atomic mass is 9.43. The highest BCUT2D eigenvalue weighted by atomic mass is 16.8. The van der Waals surface area contributed by atoms with Crippen LogP contribution in [0.3, 0.4) is 0 Å². The van der Waals surface area contributed by atoms with Crippen LogP contribution in [0.25, 0.3) is 0 Å². The summed E-state index contributed by atoms with van der Waals surface area (Å²) in [6.07, 6.45) is 4.34. The van der Waals surface area contributed by atoms with Gasteiger partial charge >= 0.3 is 5.97 Å². The van der Waals surface area contributed by atoms with Crippen LogP contribution in [0.2, 0.25) is 0 Å². The van der Waals surface area contributed by atoms with Gasteiger partial charge < -0.3 is 23.7 Å². The molecule has 4 aliphatic heterocycles. The van der Waals surface area contributed by atoms with Crippen molar-refractivity contribution in [2.24, 2.45) is 22.7 Å². The molecule has 7 rings (SSSR count). The first kappa shape index (κ1) is 17.7. The number of esters is 1. The predicted octanol–water partition coefficient (Wildman–Crippen LogP) is 3.09. The van der Waals surface area contributed by atoms with E-state index >= 15 is 0 Å². The molecule has 3 saturated carbocycles. The molecular weight excluding hydrogens is 372 g/mol. The van der Waals surface area contributed by atoms with Gasteiger partial charge in [0.15, 0.2) is 5.79 Å². The summed E-state index contributed by atoms with van der Waals surface area (Å²) in [5.74, 6) is -0.868. The Hall–Kier alpha value is -0.950. The molecule has 6 fully saturated rings. The molecule has 0 aromatic rings. The summed E-state index contributed by atoms with van der Waals surface area (Å²) >= 11 is 0. The van der Waals surface area contributed by atoms with Gasteiger partial charge in [0.2, 0.25) is 0 Å². The maximum Gasteiger partial charge on any atom is 0.336 e. The lowest BCUT2D eigenvalue weighted by Gasteiger charge is -2.64. The van der Waals surface area contributed by atoms with Crippen molar-refractivity contribution in [3.8, 4) is 0 Å². The van der Waals surface area contributed by atoms with Gasteiger partial charge in [-0.05, 0) is 57.8 Å². The van der Waals surface area contributed by atoms with Gasteiger partial charge in [0, 0.05) is 22.5 Å². The third-order valence-corrected chi connectivity index (χ3v) is 9.73. The van der Waals surface area contributed by atoms with Crippen molar-refractivity contribution < 1.29 is 28.5 Å². The maximum atomic E-state index is 12.4. The Kier molecular flexibility index (Phi) is 2.82. The molecule has 0 bridgehead atoms. The van der Waals surface area contributed by atoms with Crippen LogP contribution in [-0.4, -0.2) is 48.1 Å². The first-order chi connectivity index (χ1) is 13.6. The molecule has 0 aromatic carbocycles. The average Bonchev–Trinajstić information content (AvgIpc) is 3.51. The lowest BCUT2D eigenvalue weighted by Crippen LogP contribution is -2.66. The van der Waals surface area contributed by atoms with Crippen LogP contribution in [0, 0.1) is 22.7 Å². The minimum absolute atomic E-state index is 0.0150. The molecule has 6 nitrogen and oxygen atoms in total. The van der Waals surface area contributed by atoms with Crippen molar-refractivity contribution in [3.05, 3.63) is 11.1 Å². The Morgan fingerprint density at radius 3 is 2.55 bits per heavy atom. The fraction of sp³-hybridized carbons (Fsp3) is 0.870. The van der Waals surface area contributed by atoms with Crippen LogP contribution in [0.1, 0.15) is 60.3 Å². The Bertz CT molecular complexity index is 894. The van der Waals surface area contributed by atoms with Crippen molar-refractivity contribution in [1.82, 2.24) is 0 Å². The first-order valence-corrected chi connectivity index (χ1v) is 11.2. The van der Waals surface area contributed by atoms with Crippen LogP contribution in [-0.2, 0) is 28.5 Å². The van der Waals surface area contributed by atoms with E-state index in [4.69, 9.17) is 23.7 Å². The molecule has 0 unspecified atom stereocenters. The molecule has 29 heavy (non-hydrogen) atoms. The van der Waals surface area contributed by atoms with Crippen molar-refractivity contribution in [2.45, 2.75) is 95.8 Å². The van der Waals surface area contributed by atoms with Crippen LogP contribution >= 0.6 is 0 Å². The smallest absolute Gasteiger partial charge is 0.336 e. The molecule has 0 N–H and O–H groups in total. The number of rotatable bonds is 0. The number of hydrogen-bond donors (Lipinski definition) is 0. The van der Waals surface area contributed by atoms with Gasteiger partial charge in [-0.15, -0.1) is 0 Å². The molecule has 0 amide bonds. The Labute approximate surface area is 171 Å². The summed E-state index contributed by atoms with van der Waals surface area (Å²) in [6, 6.07) is 0. The standard InChI is InChI=1S/C23H30O6/c1-11-14-16-22(27-16)9-6-12-20(4,15(22)17-23(14,28-17)29-18(11)24)8-7-13-21(12,5)10-25-19(2,3)26-13/h12-13,15-17H,6-10H2,1-5H3/t12-,13+,15-,16+,17+,20+,21-,22-,23+/m0/s1. The molecule has 3 saturated heterocycles. The zero-order chi connectivity index (χ0) is 20.2. The molecular formula is C23H30O6. The van der Waals surface area contributed by atoms with E-state index in [1.807, 2.05) is 20.8 Å². The number of epoxide rings is 2. The second-order valence-electron chi connectivity index (χ2n) is 11.5. The quantitative estimate of drug-likeness (QED) is 0.458. The zero-order valence-electron chi connectivity index (χ0n) is 17.9. The Morgan fingerprint density at radius 1 is 0.966 bits per heavy atom. The molecule has 0 aromatic heterocycles. The topological polar surface area (TPSA) is 69.8 Å². The molecule has 158 valence electrons. The zero-order valence-corrected chi connectivity index (χ0v) is 17.9. The van der Waals surface area contributed by atoms with E-state index in [2.05, 4.69) is 13.8 Å². The third-order valence-electron chi connectivity index (χ3n) is 9.73. The maximum absolute atomic E-state index is 12.4. The van der Waals surface area contributed by atoms with E-state index in [9.17, 15) is 4.79 Å². The second kappa shape index (κ2) is 4.62. The highest BCUT2D eigenvalue weighted by molar-refractivity contribution is 5.93. The number of carbonyl (C=O) groups excluding carboxylic acids is 1. The summed E-state index contributed by atoms with van der Waals surface area (Å²) in [5.41, 5.74) is 1.53. The van der Waals surface area contributed by atoms with E-state index in [1.54, 1.807) is 0 Å². The number of ether oxygens (including phenoxy) is 5. The average molecular weight is 402 g/mol. The molecule has 6 heteroatoms. The van der Waals surface area contributed by atoms with Gasteiger partial charge in [-0.25, -0.2) is 4.79 Å². The van der Waals surface area contributed by atoms with Gasteiger partial charge in [0.05, 0.1) is 12.7 Å². The highest BCUT2D eigenvalue weighted by Gasteiger charge is 2.89. The minimum Gasteiger partial charge on any atom is -0.422 e. The van der Waals surface area contributed by atoms with Crippen LogP contribution in [0.5, 0.6) is 0 Å². The molecule has 9 atom stereocenters. The van der Waals surface area contributed by atoms with Gasteiger partial charge in [-0.2, -0.15) is 0 Å². The summed E-state index contributed by atoms with van der Waals surface area (Å²) in [5, 5.41) is 0. The lowest BCUT2D eigenvalue weighted by molar-refractivity contribution is -0.347. The minimum atomic E-state index is -0.833. The van der Waals surface area contributed by atoms with Crippen molar-refractivity contribution in [2.75, 3.05) is 6.61 Å². The van der Waals surface area contributed by atoms with Gasteiger partial charge in [-0.1, -0.05) is 13.8 Å². The molecule has 3 aliphatic carbocycles. The molecule has 2 spiro atoms. The van der Waals surface area contributed by atoms with E-state index in [-0.39, 0.29) is 46.6 Å². The fourth-order valence-corrected chi connectivity index (χ4v) is 8.41. The highest BCUT2D eigenvalue weighted by Crippen LogP contribution is 2.78. The van der Waals surface area contributed by atoms with Crippen molar-refractivity contribution in [3.63, 3.8) is 0 Å². The van der Waals surface area contributed by atoms with Crippen molar-refractivity contribution in [1.29, 1.82) is 0 Å². The fourth-order valence-electron chi connectivity index (χ4n) is 8.41. The summed E-state index contributed by atoms with van der Waals surface area (Å²) < 4.78 is 31.1. The molecule has 0 radical (unpaired) electrons. The van der Waals surface area contributed by atoms with Crippen LogP contribution < -0.4 is 0 Å². The van der Waals surface area contributed by atoms with Crippen LogP contribution in [0.4, 0.5) is 0 Å². The summed E-state index contributed by atoms with van der Waals surface area (Å²) in [6.45, 7) is 11.4. The van der Waals surface area contributed by atoms with Crippen LogP contribution in [0.15, 0.2) is 11.1 Å². The second-order valence-corrected chi connectivity index (χ2v) is 11.5. The van der Waals surface area contributed by atoms with Gasteiger partial charge in [0.1, 0.15) is 17.8 Å². The Balaban J connectivity index is 1.30. The molecule has 7 aliphatic rings. The third kappa shape index (κ3) is 1.77. The monoisotopic (exact) mass is 402 g/mol. The normalized spacial score (nSPS) is 60.7. The van der Waals surface area contributed by atoms with E-state index < -0.39 is 11.6 Å². The molecule has 4 heterocycles. The van der Waals surface area contributed by atoms with E-state index in [1.165, 1.54) is 0 Å². The van der Waals surface area contributed by atoms with Gasteiger partial charge in [0.25, 0.3) is 5.79 Å². The largest absolute Gasteiger partial charge is 0.422 e. The SMILES string of the molecule is CC1=C2[C@H]3O[C@]34CC[C@@H]3[C@]5(C)COC(C)(C)O[C@@H]5CC[C@@]3(C)[C@@H]4[C@H]3O[C@@]23OC1=O. The van der Waals surface area contributed by atoms with E-state index in [0.29, 0.717) is 11.5 Å². The number of fused-ring (bicyclic) bond motifs is 6. The van der Waals surface area contributed by atoms with Gasteiger partial charge in [-0.3, -0.25) is 0 Å². The Morgan fingerprint density at radius 2 is 1.76 bits per heavy atom. The predicted molar refractivity (Wildman–Crippen MR) is 101 cm³/mol. The van der Waals surface area contributed by atoms with Crippen molar-refractivity contribution >= 4 is 5.97 Å². The number of carbonyl (C=O) groups is 1. The number of hydrogen-bond acceptors (Lipinski definition) is 6. The first-order valence-electron chi connectivity index (χ1n) is 11.2. The van der Waals surface area contributed by atoms with E-state index in [0.717, 1.165) is 37.9 Å². The summed E-state index contributed by atoms with van der Waals surface area (Å²) in [7, 11) is 0.